The number of methoxy groups -OCH3 is 1. The van der Waals surface area contributed by atoms with Crippen molar-refractivity contribution in [2.75, 3.05) is 24.3 Å². The van der Waals surface area contributed by atoms with Crippen molar-refractivity contribution in [1.29, 1.82) is 0 Å². The summed E-state index contributed by atoms with van der Waals surface area (Å²) in [7, 11) is 1.39. The van der Waals surface area contributed by atoms with E-state index >= 15 is 0 Å². The highest BCUT2D eigenvalue weighted by atomic mass is 16.5. The lowest BCUT2D eigenvalue weighted by Crippen LogP contribution is -2.29. The number of fused-ring (bicyclic) bond motifs is 2. The molecular weight excluding hydrogens is 803 g/mol. The lowest BCUT2D eigenvalue weighted by Gasteiger charge is -2.35. The first kappa shape index (κ1) is 42.8. The second kappa shape index (κ2) is 17.1. The van der Waals surface area contributed by atoms with Crippen LogP contribution in [0.1, 0.15) is 74.2 Å². The molecule has 5 heterocycles. The molecule has 64 heavy (non-hydrogen) atoms. The molecule has 2 atom stereocenters. The molecule has 0 aliphatic carbocycles. The zero-order chi connectivity index (χ0) is 45.3. The molecule has 0 spiro atoms. The molecule has 0 radical (unpaired) electrons. The van der Waals surface area contributed by atoms with Gasteiger partial charge in [-0.05, 0) is 69.5 Å². The first-order valence-corrected chi connectivity index (χ1v) is 21.0. The van der Waals surface area contributed by atoms with E-state index < -0.39 is 0 Å². The molecule has 9 rings (SSSR count). The van der Waals surface area contributed by atoms with Crippen molar-refractivity contribution in [3.05, 3.63) is 150 Å². The summed E-state index contributed by atoms with van der Waals surface area (Å²) in [6.45, 7) is 13.5. The molecule has 0 aliphatic heterocycles. The van der Waals surface area contributed by atoms with Gasteiger partial charge in [-0.1, -0.05) is 107 Å². The molecule has 14 nitrogen and oxygen atoms in total. The molecular formula is C50H51N11O3. The molecule has 0 saturated carbocycles. The average molecular weight is 854 g/mol. The number of hydrogen-bond acceptors (Lipinski definition) is 12. The van der Waals surface area contributed by atoms with Crippen LogP contribution in [0.3, 0.4) is 0 Å². The van der Waals surface area contributed by atoms with Gasteiger partial charge in [-0.2, -0.15) is 0 Å². The summed E-state index contributed by atoms with van der Waals surface area (Å²) in [6.07, 6.45) is 11.1. The van der Waals surface area contributed by atoms with Gasteiger partial charge in [0.25, 0.3) is 0 Å². The fourth-order valence-corrected chi connectivity index (χ4v) is 8.43. The van der Waals surface area contributed by atoms with E-state index in [1.54, 1.807) is 24.8 Å². The Morgan fingerprint density at radius 1 is 0.594 bits per heavy atom. The highest BCUT2D eigenvalue weighted by Crippen LogP contribution is 2.44. The number of carbonyl (C=O) groups excluding carboxylic acids is 1. The molecule has 5 aromatic heterocycles. The van der Waals surface area contributed by atoms with E-state index in [1.165, 1.54) is 29.4 Å². The van der Waals surface area contributed by atoms with Crippen molar-refractivity contribution in [3.8, 4) is 33.7 Å². The first-order chi connectivity index (χ1) is 30.7. The van der Waals surface area contributed by atoms with Crippen LogP contribution in [-0.4, -0.2) is 53.2 Å². The Labute approximate surface area is 370 Å². The summed E-state index contributed by atoms with van der Waals surface area (Å²) in [4.78, 5) is 35.0. The highest BCUT2D eigenvalue weighted by Gasteiger charge is 2.36. The number of anilines is 3. The number of aromatic amines is 2. The van der Waals surface area contributed by atoms with Crippen molar-refractivity contribution in [3.63, 3.8) is 0 Å². The van der Waals surface area contributed by atoms with Crippen LogP contribution in [0.4, 0.5) is 17.9 Å². The number of nitrogens with zero attached hydrogens (tertiary/aromatic N) is 6. The van der Waals surface area contributed by atoms with Crippen LogP contribution >= 0.6 is 0 Å². The van der Waals surface area contributed by atoms with Crippen LogP contribution in [0.2, 0.25) is 0 Å². The van der Waals surface area contributed by atoms with Gasteiger partial charge in [-0.25, -0.2) is 24.7 Å². The van der Waals surface area contributed by atoms with E-state index in [2.05, 4.69) is 142 Å². The minimum atomic E-state index is -0.341. The van der Waals surface area contributed by atoms with Gasteiger partial charge in [-0.3, -0.25) is 0 Å². The highest BCUT2D eigenvalue weighted by molar-refractivity contribution is 5.96. The maximum atomic E-state index is 11.9. The van der Waals surface area contributed by atoms with Crippen LogP contribution in [-0.2, 0) is 15.6 Å². The number of nitrogen functional groups attached to an aromatic ring is 3. The normalized spacial score (nSPS) is 13.4. The van der Waals surface area contributed by atoms with Gasteiger partial charge in [0.2, 0.25) is 17.8 Å². The number of carbonyl (C=O) groups is 1. The predicted octanol–water partition coefficient (Wildman–Crippen LogP) is 9.76. The molecule has 4 aromatic carbocycles. The number of esters is 1. The largest absolute Gasteiger partial charge is 0.465 e. The molecule has 9 aromatic rings. The monoisotopic (exact) mass is 853 g/mol. The summed E-state index contributed by atoms with van der Waals surface area (Å²) in [6, 6.07) is 28.9. The van der Waals surface area contributed by atoms with Crippen LogP contribution in [0.25, 0.3) is 55.5 Å². The van der Waals surface area contributed by atoms with Gasteiger partial charge in [0.15, 0.2) is 0 Å². The number of hydrogen-bond donors (Lipinski definition) is 5. The Hall–Kier alpha value is -7.87. The Kier molecular flexibility index (Phi) is 11.5. The Morgan fingerprint density at radius 2 is 1.03 bits per heavy atom. The number of ether oxygens (including phenoxy) is 1. The SMILES string of the molecule is CC(C)C(C)(c1ccc(-c2cnc(N)nc2)cc1)c1c[nH]c2cc(-c3nnc(N)o3)ccc12.COC(=O)c1ccc2c(C(C)(c3ccc(-c4cnc(N)nc4)cc3)C(C)C)c[nH]c2c1. The molecule has 0 bridgehead atoms. The van der Waals surface area contributed by atoms with Gasteiger partial charge >= 0.3 is 12.0 Å². The van der Waals surface area contributed by atoms with Crippen LogP contribution in [0, 0.1) is 11.8 Å². The molecule has 324 valence electrons. The summed E-state index contributed by atoms with van der Waals surface area (Å²) >= 11 is 0. The average Bonchev–Trinajstić information content (AvgIpc) is 4.07. The zero-order valence-corrected chi connectivity index (χ0v) is 36.8. The van der Waals surface area contributed by atoms with Gasteiger partial charge < -0.3 is 36.3 Å². The van der Waals surface area contributed by atoms with Crippen LogP contribution in [0.15, 0.2) is 127 Å². The topological polar surface area (TPSA) is 226 Å². The second-order valence-electron chi connectivity index (χ2n) is 16.9. The standard InChI is InChI=1S/C25H25N7O.C25H26N4O2/c1-14(2)25(3,18-7-4-15(5-8-18)17-11-29-23(26)30-12-17)20-13-28-21-10-16(6-9-19(20)21)22-31-32-24(27)33-22;1-15(2)25(3,19-8-5-16(6-9-19)18-12-28-24(26)29-13-18)21-14-27-22-11-17(23(30)31-4)7-10-20(21)22/h4-14,28H,1-3H3,(H2,27,32)(H2,26,29,30);5-15,27H,1-4H3,(H2,26,28,29). The van der Waals surface area contributed by atoms with E-state index in [-0.39, 0.29) is 34.7 Å². The van der Waals surface area contributed by atoms with E-state index in [4.69, 9.17) is 26.4 Å². The number of aromatic nitrogens is 8. The maximum absolute atomic E-state index is 11.9. The summed E-state index contributed by atoms with van der Waals surface area (Å²) in [5.41, 5.74) is 28.4. The fraction of sp³-hybridized carbons (Fsp3) is 0.220. The molecule has 0 saturated heterocycles. The lowest BCUT2D eigenvalue weighted by molar-refractivity contribution is 0.0601. The maximum Gasteiger partial charge on any atom is 0.337 e. The third kappa shape index (κ3) is 7.89. The molecule has 0 amide bonds. The molecule has 2 unspecified atom stereocenters. The summed E-state index contributed by atoms with van der Waals surface area (Å²) in [5, 5.41) is 9.99. The van der Waals surface area contributed by atoms with Crippen molar-refractivity contribution in [2.24, 2.45) is 11.8 Å². The molecule has 8 N–H and O–H groups in total. The number of nitrogens with one attached hydrogen (secondary N) is 2. The van der Waals surface area contributed by atoms with Gasteiger partial charge in [0, 0.05) is 86.5 Å². The third-order valence-electron chi connectivity index (χ3n) is 12.9. The second-order valence-corrected chi connectivity index (χ2v) is 16.9. The molecule has 0 fully saturated rings. The number of benzene rings is 4. The zero-order valence-electron chi connectivity index (χ0n) is 36.8. The first-order valence-electron chi connectivity index (χ1n) is 21.0. The van der Waals surface area contributed by atoms with Gasteiger partial charge in [0.1, 0.15) is 0 Å². The summed E-state index contributed by atoms with van der Waals surface area (Å²) < 4.78 is 10.2. The smallest absolute Gasteiger partial charge is 0.337 e. The Balaban J connectivity index is 0.000000175. The van der Waals surface area contributed by atoms with Crippen molar-refractivity contribution >= 4 is 45.7 Å². The summed E-state index contributed by atoms with van der Waals surface area (Å²) in [5.74, 6) is 1.27. The number of rotatable bonds is 10. The minimum absolute atomic E-state index is 0.0543. The Morgan fingerprint density at radius 3 is 1.45 bits per heavy atom. The number of H-pyrrole nitrogens is 2. The minimum Gasteiger partial charge on any atom is -0.465 e. The molecule has 14 heteroatoms. The van der Waals surface area contributed by atoms with Crippen molar-refractivity contribution in [2.45, 2.75) is 52.4 Å². The lowest BCUT2D eigenvalue weighted by atomic mass is 9.68. The van der Waals surface area contributed by atoms with E-state index in [0.29, 0.717) is 23.3 Å². The van der Waals surface area contributed by atoms with E-state index in [1.807, 2.05) is 36.5 Å². The predicted molar refractivity (Wildman–Crippen MR) is 252 cm³/mol. The van der Waals surface area contributed by atoms with E-state index in [0.717, 1.165) is 49.6 Å². The van der Waals surface area contributed by atoms with Gasteiger partial charge in [-0.15, -0.1) is 5.10 Å². The quantitative estimate of drug-likeness (QED) is 0.0810. The van der Waals surface area contributed by atoms with Gasteiger partial charge in [0.05, 0.1) is 12.7 Å². The van der Waals surface area contributed by atoms with Crippen molar-refractivity contribution < 1.29 is 13.9 Å². The van der Waals surface area contributed by atoms with Crippen LogP contribution in [0.5, 0.6) is 0 Å². The van der Waals surface area contributed by atoms with E-state index in [9.17, 15) is 4.79 Å². The van der Waals surface area contributed by atoms with Crippen molar-refractivity contribution in [1.82, 2.24) is 40.1 Å². The molecule has 0 aliphatic rings. The Bertz CT molecular complexity index is 3060. The fourth-order valence-electron chi connectivity index (χ4n) is 8.43. The van der Waals surface area contributed by atoms with Crippen LogP contribution < -0.4 is 17.2 Å². The number of nitrogens with two attached hydrogens (primary N) is 3. The third-order valence-corrected chi connectivity index (χ3v) is 12.9.